The topological polar surface area (TPSA) is 15.5 Å². The standard InChI is InChI=1S/C16H25NO/c1-14(2,3)16(15(4,5)6)17(18-16)12-13-10-8-7-9-11-13/h7-11H,12H2,1-6H3. The van der Waals surface area contributed by atoms with Crippen molar-refractivity contribution >= 4 is 0 Å². The average molecular weight is 247 g/mol. The summed E-state index contributed by atoms with van der Waals surface area (Å²) in [5, 5.41) is 2.14. The van der Waals surface area contributed by atoms with Crippen molar-refractivity contribution in [3.63, 3.8) is 0 Å². The molecule has 1 aliphatic heterocycles. The van der Waals surface area contributed by atoms with E-state index in [0.717, 1.165) is 6.54 Å². The molecule has 1 atom stereocenters. The predicted molar refractivity (Wildman–Crippen MR) is 74.7 cm³/mol. The van der Waals surface area contributed by atoms with Crippen LogP contribution in [0.3, 0.4) is 0 Å². The highest BCUT2D eigenvalue weighted by atomic mass is 16.9. The lowest BCUT2D eigenvalue weighted by Crippen LogP contribution is -2.45. The molecule has 2 nitrogen and oxygen atoms in total. The van der Waals surface area contributed by atoms with Crippen LogP contribution in [0.5, 0.6) is 0 Å². The van der Waals surface area contributed by atoms with Gasteiger partial charge in [-0.1, -0.05) is 71.9 Å². The molecule has 2 heteroatoms. The maximum absolute atomic E-state index is 6.07. The second kappa shape index (κ2) is 4.07. The number of hydrogen-bond acceptors (Lipinski definition) is 2. The molecule has 1 unspecified atom stereocenters. The van der Waals surface area contributed by atoms with E-state index in [0.29, 0.717) is 0 Å². The SMILES string of the molecule is CC(C)(C)C1(C(C)(C)C)ON1Cc1ccccc1. The number of benzene rings is 1. The van der Waals surface area contributed by atoms with Gasteiger partial charge >= 0.3 is 0 Å². The van der Waals surface area contributed by atoms with E-state index in [1.165, 1.54) is 5.56 Å². The highest BCUT2D eigenvalue weighted by Crippen LogP contribution is 2.59. The van der Waals surface area contributed by atoms with Crippen molar-refractivity contribution < 1.29 is 4.84 Å². The first-order chi connectivity index (χ1) is 8.18. The van der Waals surface area contributed by atoms with Gasteiger partial charge < -0.3 is 0 Å². The molecule has 0 spiro atoms. The van der Waals surface area contributed by atoms with Crippen LogP contribution in [0.15, 0.2) is 30.3 Å². The molecule has 1 fully saturated rings. The van der Waals surface area contributed by atoms with Crippen LogP contribution in [0.25, 0.3) is 0 Å². The van der Waals surface area contributed by atoms with Crippen LogP contribution in [0.4, 0.5) is 0 Å². The summed E-state index contributed by atoms with van der Waals surface area (Å²) < 4.78 is 0. The van der Waals surface area contributed by atoms with Crippen molar-refractivity contribution in [1.82, 2.24) is 5.06 Å². The van der Waals surface area contributed by atoms with E-state index in [1.807, 2.05) is 6.07 Å². The molecule has 0 saturated carbocycles. The lowest BCUT2D eigenvalue weighted by Gasteiger charge is -2.37. The van der Waals surface area contributed by atoms with E-state index in [9.17, 15) is 0 Å². The van der Waals surface area contributed by atoms with Crippen LogP contribution in [-0.2, 0) is 11.4 Å². The quantitative estimate of drug-likeness (QED) is 0.727. The third kappa shape index (κ3) is 2.08. The molecule has 0 radical (unpaired) electrons. The summed E-state index contributed by atoms with van der Waals surface area (Å²) in [5.74, 6) is 0. The molecule has 1 aromatic rings. The Labute approximate surface area is 111 Å². The van der Waals surface area contributed by atoms with Crippen molar-refractivity contribution in [3.05, 3.63) is 35.9 Å². The molecule has 0 aliphatic carbocycles. The van der Waals surface area contributed by atoms with Gasteiger partial charge in [-0.25, -0.2) is 0 Å². The van der Waals surface area contributed by atoms with Gasteiger partial charge in [0.05, 0.1) is 6.54 Å². The second-order valence-corrected chi connectivity index (χ2v) is 7.26. The predicted octanol–water partition coefficient (Wildman–Crippen LogP) is 4.22. The monoisotopic (exact) mass is 247 g/mol. The van der Waals surface area contributed by atoms with Gasteiger partial charge in [0.1, 0.15) is 0 Å². The van der Waals surface area contributed by atoms with Crippen LogP contribution in [0, 0.1) is 10.8 Å². The molecular formula is C16H25NO. The normalized spacial score (nSPS) is 22.9. The third-order valence-electron chi connectivity index (χ3n) is 3.76. The first-order valence-electron chi connectivity index (χ1n) is 6.69. The first-order valence-corrected chi connectivity index (χ1v) is 6.69. The van der Waals surface area contributed by atoms with Crippen LogP contribution >= 0.6 is 0 Å². The molecule has 100 valence electrons. The van der Waals surface area contributed by atoms with Crippen LogP contribution in [0.2, 0.25) is 0 Å². The maximum Gasteiger partial charge on any atom is 0.174 e. The molecule has 18 heavy (non-hydrogen) atoms. The number of hydroxylamine groups is 2. The van der Waals surface area contributed by atoms with E-state index in [-0.39, 0.29) is 16.6 Å². The van der Waals surface area contributed by atoms with Gasteiger partial charge in [-0.2, -0.15) is 0 Å². The molecule has 1 heterocycles. The summed E-state index contributed by atoms with van der Waals surface area (Å²) in [6.45, 7) is 14.4. The minimum Gasteiger partial charge on any atom is -0.270 e. The van der Waals surface area contributed by atoms with E-state index in [2.05, 4.69) is 70.9 Å². The van der Waals surface area contributed by atoms with Gasteiger partial charge in [-0.15, -0.1) is 5.06 Å². The highest BCUT2D eigenvalue weighted by molar-refractivity contribution is 5.16. The van der Waals surface area contributed by atoms with Crippen LogP contribution in [0.1, 0.15) is 47.1 Å². The Morgan fingerprint density at radius 2 is 1.44 bits per heavy atom. The average Bonchev–Trinajstić information content (AvgIpc) is 2.93. The van der Waals surface area contributed by atoms with Crippen LogP contribution < -0.4 is 0 Å². The molecule has 0 N–H and O–H groups in total. The smallest absolute Gasteiger partial charge is 0.174 e. The van der Waals surface area contributed by atoms with Crippen molar-refractivity contribution in [1.29, 1.82) is 0 Å². The lowest BCUT2D eigenvalue weighted by atomic mass is 9.70. The summed E-state index contributed by atoms with van der Waals surface area (Å²) in [4.78, 5) is 6.07. The summed E-state index contributed by atoms with van der Waals surface area (Å²) in [5.41, 5.74) is 1.32. The van der Waals surface area contributed by atoms with Gasteiger partial charge in [0, 0.05) is 10.8 Å². The van der Waals surface area contributed by atoms with E-state index < -0.39 is 0 Å². The van der Waals surface area contributed by atoms with Crippen molar-refractivity contribution in [2.75, 3.05) is 0 Å². The third-order valence-corrected chi connectivity index (χ3v) is 3.76. The molecule has 0 bridgehead atoms. The summed E-state index contributed by atoms with van der Waals surface area (Å²) in [6.07, 6.45) is 0. The fraction of sp³-hybridized carbons (Fsp3) is 0.625. The zero-order valence-corrected chi connectivity index (χ0v) is 12.4. The lowest BCUT2D eigenvalue weighted by molar-refractivity contribution is 0.0481. The summed E-state index contributed by atoms with van der Waals surface area (Å²) >= 11 is 0. The fourth-order valence-electron chi connectivity index (χ4n) is 3.18. The maximum atomic E-state index is 6.07. The van der Waals surface area contributed by atoms with E-state index in [4.69, 9.17) is 4.84 Å². The van der Waals surface area contributed by atoms with Gasteiger partial charge in [0.2, 0.25) is 0 Å². The van der Waals surface area contributed by atoms with E-state index in [1.54, 1.807) is 0 Å². The fourth-order valence-corrected chi connectivity index (χ4v) is 3.18. The molecule has 2 rings (SSSR count). The second-order valence-electron chi connectivity index (χ2n) is 7.26. The van der Waals surface area contributed by atoms with Gasteiger partial charge in [-0.05, 0) is 5.56 Å². The number of rotatable bonds is 2. The number of hydrogen-bond donors (Lipinski definition) is 0. The van der Waals surface area contributed by atoms with Gasteiger partial charge in [0.15, 0.2) is 5.72 Å². The Morgan fingerprint density at radius 3 is 1.83 bits per heavy atom. The first kappa shape index (κ1) is 13.6. The van der Waals surface area contributed by atoms with E-state index >= 15 is 0 Å². The zero-order valence-electron chi connectivity index (χ0n) is 12.4. The molecule has 1 saturated heterocycles. The summed E-state index contributed by atoms with van der Waals surface area (Å²) in [7, 11) is 0. The van der Waals surface area contributed by atoms with Gasteiger partial charge in [0.25, 0.3) is 0 Å². The molecule has 1 aromatic carbocycles. The Kier molecular flexibility index (Phi) is 3.07. The largest absolute Gasteiger partial charge is 0.270 e. The molecule has 1 aliphatic rings. The van der Waals surface area contributed by atoms with Crippen molar-refractivity contribution in [2.45, 2.75) is 53.8 Å². The molecule has 0 aromatic heterocycles. The van der Waals surface area contributed by atoms with Crippen molar-refractivity contribution in [2.24, 2.45) is 10.8 Å². The Balaban J connectivity index is 2.19. The Hall–Kier alpha value is -0.860. The van der Waals surface area contributed by atoms with Crippen molar-refractivity contribution in [3.8, 4) is 0 Å². The minimum absolute atomic E-state index is 0.0973. The molecular weight excluding hydrogens is 222 g/mol. The number of nitrogens with zero attached hydrogens (tertiary/aromatic N) is 1. The molecule has 0 amide bonds. The Bertz CT molecular complexity index is 397. The van der Waals surface area contributed by atoms with Crippen LogP contribution in [-0.4, -0.2) is 10.8 Å². The Morgan fingerprint density at radius 1 is 0.944 bits per heavy atom. The minimum atomic E-state index is -0.171. The zero-order chi connectivity index (χ0) is 13.6. The van der Waals surface area contributed by atoms with Gasteiger partial charge in [-0.3, -0.25) is 4.84 Å². The highest BCUT2D eigenvalue weighted by Gasteiger charge is 2.68. The summed E-state index contributed by atoms with van der Waals surface area (Å²) in [6, 6.07) is 10.5.